The van der Waals surface area contributed by atoms with Gasteiger partial charge in [-0.15, -0.1) is 0 Å². The number of benzene rings is 1. The van der Waals surface area contributed by atoms with Crippen LogP contribution in [0.2, 0.25) is 0 Å². The molecule has 2 fully saturated rings. The molecule has 1 aliphatic carbocycles. The molecule has 0 spiro atoms. The summed E-state index contributed by atoms with van der Waals surface area (Å²) in [6, 6.07) is 13.3. The van der Waals surface area contributed by atoms with E-state index in [4.69, 9.17) is 9.47 Å². The van der Waals surface area contributed by atoms with Crippen molar-refractivity contribution in [2.24, 2.45) is 0 Å². The first-order valence-electron chi connectivity index (χ1n) is 11.3. The van der Waals surface area contributed by atoms with Crippen molar-refractivity contribution in [1.82, 2.24) is 9.88 Å². The number of ether oxygens (including phenoxy) is 2. The number of likely N-dealkylation sites (tertiary alicyclic amines) is 1. The molecule has 1 saturated carbocycles. The Kier molecular flexibility index (Phi) is 6.35. The summed E-state index contributed by atoms with van der Waals surface area (Å²) in [6.45, 7) is 6.42. The molecule has 2 amide bonds. The summed E-state index contributed by atoms with van der Waals surface area (Å²) in [5, 5.41) is 0. The minimum absolute atomic E-state index is 0.0818. The smallest absolute Gasteiger partial charge is 0.416 e. The Morgan fingerprint density at radius 1 is 1.09 bits per heavy atom. The van der Waals surface area contributed by atoms with Gasteiger partial charge in [0.05, 0.1) is 6.04 Å². The quantitative estimate of drug-likeness (QED) is 0.621. The fraction of sp³-hybridized carbons (Fsp3) is 0.480. The molecule has 1 aromatic heterocycles. The molecule has 0 N–H and O–H groups in total. The molecule has 7 nitrogen and oxygen atoms in total. The number of amides is 2. The van der Waals surface area contributed by atoms with Crippen LogP contribution >= 0.6 is 0 Å². The van der Waals surface area contributed by atoms with Gasteiger partial charge in [0, 0.05) is 24.3 Å². The Morgan fingerprint density at radius 3 is 2.53 bits per heavy atom. The van der Waals surface area contributed by atoms with Gasteiger partial charge in [0.1, 0.15) is 18.0 Å². The Balaban J connectivity index is 1.55. The second kappa shape index (κ2) is 9.18. The van der Waals surface area contributed by atoms with E-state index in [1.807, 2.05) is 63.2 Å². The summed E-state index contributed by atoms with van der Waals surface area (Å²) in [5.41, 5.74) is 1.21. The van der Waals surface area contributed by atoms with E-state index in [9.17, 15) is 9.59 Å². The van der Waals surface area contributed by atoms with Gasteiger partial charge >= 0.3 is 12.2 Å². The normalized spacial score (nSPS) is 18.3. The molecule has 1 aliphatic heterocycles. The largest absolute Gasteiger partial charge is 0.445 e. The van der Waals surface area contributed by atoms with E-state index in [1.54, 1.807) is 16.0 Å². The first kappa shape index (κ1) is 22.1. The molecule has 170 valence electrons. The number of aromatic nitrogens is 1. The highest BCUT2D eigenvalue weighted by atomic mass is 16.6. The molecule has 0 unspecified atom stereocenters. The molecule has 2 aromatic rings. The zero-order valence-electron chi connectivity index (χ0n) is 19.0. The first-order chi connectivity index (χ1) is 15.3. The van der Waals surface area contributed by atoms with E-state index in [1.165, 1.54) is 0 Å². The van der Waals surface area contributed by atoms with Crippen LogP contribution in [0.15, 0.2) is 48.7 Å². The van der Waals surface area contributed by atoms with Gasteiger partial charge in [-0.2, -0.15) is 0 Å². The number of rotatable bonds is 5. The Labute approximate surface area is 189 Å². The number of carbonyl (C=O) groups excluding carboxylic acids is 2. The minimum Gasteiger partial charge on any atom is -0.445 e. The van der Waals surface area contributed by atoms with Crippen LogP contribution < -0.4 is 4.90 Å². The van der Waals surface area contributed by atoms with Crippen LogP contribution in [0.5, 0.6) is 0 Å². The predicted octanol–water partition coefficient (Wildman–Crippen LogP) is 5.46. The summed E-state index contributed by atoms with van der Waals surface area (Å²) in [7, 11) is 0. The molecular formula is C25H31N3O4. The molecule has 7 heteroatoms. The van der Waals surface area contributed by atoms with E-state index in [0.717, 1.165) is 36.8 Å². The number of hydrogen-bond acceptors (Lipinski definition) is 5. The maximum atomic E-state index is 13.0. The van der Waals surface area contributed by atoms with Crippen molar-refractivity contribution in [2.75, 3.05) is 11.4 Å². The predicted molar refractivity (Wildman–Crippen MR) is 121 cm³/mol. The fourth-order valence-corrected chi connectivity index (χ4v) is 4.03. The second-order valence-corrected chi connectivity index (χ2v) is 9.39. The lowest BCUT2D eigenvalue weighted by atomic mass is 10.0. The number of anilines is 1. The molecular weight excluding hydrogens is 406 g/mol. The summed E-state index contributed by atoms with van der Waals surface area (Å²) in [5.74, 6) is 0.581. The van der Waals surface area contributed by atoms with Crippen molar-refractivity contribution in [3.63, 3.8) is 0 Å². The molecule has 2 heterocycles. The lowest BCUT2D eigenvalue weighted by molar-refractivity contribution is 0.0576. The molecule has 0 bridgehead atoms. The van der Waals surface area contributed by atoms with Gasteiger partial charge in [0.25, 0.3) is 0 Å². The molecule has 1 saturated heterocycles. The van der Waals surface area contributed by atoms with Crippen molar-refractivity contribution in [3.05, 3.63) is 59.8 Å². The van der Waals surface area contributed by atoms with Gasteiger partial charge < -0.3 is 14.4 Å². The molecule has 1 aromatic carbocycles. The average Bonchev–Trinajstić information content (AvgIpc) is 3.46. The van der Waals surface area contributed by atoms with Crippen LogP contribution in [0.4, 0.5) is 15.4 Å². The topological polar surface area (TPSA) is 72.0 Å². The van der Waals surface area contributed by atoms with E-state index in [2.05, 4.69) is 4.98 Å². The lowest BCUT2D eigenvalue weighted by Gasteiger charge is -2.31. The Bertz CT molecular complexity index is 953. The maximum absolute atomic E-state index is 13.0. The van der Waals surface area contributed by atoms with Crippen LogP contribution in [0.1, 0.15) is 63.6 Å². The monoisotopic (exact) mass is 437 g/mol. The van der Waals surface area contributed by atoms with Crippen molar-refractivity contribution in [1.29, 1.82) is 0 Å². The van der Waals surface area contributed by atoms with Gasteiger partial charge in [-0.25, -0.2) is 14.6 Å². The summed E-state index contributed by atoms with van der Waals surface area (Å²) >= 11 is 0. The van der Waals surface area contributed by atoms with Crippen LogP contribution in [-0.2, 0) is 16.1 Å². The van der Waals surface area contributed by atoms with Crippen LogP contribution in [-0.4, -0.2) is 40.3 Å². The second-order valence-electron chi connectivity index (χ2n) is 9.39. The van der Waals surface area contributed by atoms with E-state index < -0.39 is 11.7 Å². The standard InChI is InChI=1S/C25H31N3O4/c1-25(2,3)32-24(30)28(19-13-14-19)22-20(11-7-15-26-22)21-12-8-16-27(21)23(29)31-17-18-9-5-4-6-10-18/h4-7,9-11,15,19,21H,8,12-14,16-17H2,1-3H3/t21-/m0/s1. The van der Waals surface area contributed by atoms with E-state index >= 15 is 0 Å². The lowest BCUT2D eigenvalue weighted by Crippen LogP contribution is -2.40. The molecule has 4 rings (SSSR count). The van der Waals surface area contributed by atoms with Gasteiger partial charge in [0.2, 0.25) is 0 Å². The SMILES string of the molecule is CC(C)(C)OC(=O)N(c1ncccc1[C@@H]1CCCN1C(=O)OCc1ccccc1)C1CC1. The van der Waals surface area contributed by atoms with Gasteiger partial charge in [-0.1, -0.05) is 36.4 Å². The van der Waals surface area contributed by atoms with Crippen LogP contribution in [0, 0.1) is 0 Å². The molecule has 2 aliphatic rings. The summed E-state index contributed by atoms with van der Waals surface area (Å²) in [4.78, 5) is 34.0. The zero-order valence-corrected chi connectivity index (χ0v) is 19.0. The van der Waals surface area contributed by atoms with Crippen molar-refractivity contribution >= 4 is 18.0 Å². The van der Waals surface area contributed by atoms with Gasteiger partial charge in [-0.05, 0) is 58.1 Å². The number of nitrogens with zero attached hydrogens (tertiary/aromatic N) is 3. The van der Waals surface area contributed by atoms with Crippen LogP contribution in [0.25, 0.3) is 0 Å². The third kappa shape index (κ3) is 5.21. The number of pyridine rings is 1. The van der Waals surface area contributed by atoms with E-state index in [-0.39, 0.29) is 24.8 Å². The maximum Gasteiger partial charge on any atom is 0.416 e. The summed E-state index contributed by atoms with van der Waals surface area (Å²) in [6.07, 6.45) is 4.45. The van der Waals surface area contributed by atoms with Gasteiger partial charge in [0.15, 0.2) is 0 Å². The third-order valence-electron chi connectivity index (χ3n) is 5.60. The van der Waals surface area contributed by atoms with Crippen molar-refractivity contribution in [3.8, 4) is 0 Å². The first-order valence-corrected chi connectivity index (χ1v) is 11.3. The number of carbonyl (C=O) groups is 2. The molecule has 32 heavy (non-hydrogen) atoms. The zero-order chi connectivity index (χ0) is 22.7. The fourth-order valence-electron chi connectivity index (χ4n) is 4.03. The van der Waals surface area contributed by atoms with E-state index in [0.29, 0.717) is 12.4 Å². The van der Waals surface area contributed by atoms with Crippen LogP contribution in [0.3, 0.4) is 0 Å². The Hall–Kier alpha value is -3.09. The minimum atomic E-state index is -0.597. The highest BCUT2D eigenvalue weighted by Crippen LogP contribution is 2.40. The number of hydrogen-bond donors (Lipinski definition) is 0. The summed E-state index contributed by atoms with van der Waals surface area (Å²) < 4.78 is 11.3. The molecule has 1 atom stereocenters. The van der Waals surface area contributed by atoms with Gasteiger partial charge in [-0.3, -0.25) is 4.90 Å². The highest BCUT2D eigenvalue weighted by Gasteiger charge is 2.41. The van der Waals surface area contributed by atoms with Crippen molar-refractivity contribution in [2.45, 2.75) is 70.7 Å². The Morgan fingerprint density at radius 2 is 1.84 bits per heavy atom. The average molecular weight is 438 g/mol. The highest BCUT2D eigenvalue weighted by molar-refractivity contribution is 5.89. The third-order valence-corrected chi connectivity index (χ3v) is 5.60. The van der Waals surface area contributed by atoms with Crippen molar-refractivity contribution < 1.29 is 19.1 Å². The molecule has 0 radical (unpaired) electrons.